The molecule has 0 aliphatic rings. The summed E-state index contributed by atoms with van der Waals surface area (Å²) in [4.78, 5) is 0. The lowest BCUT2D eigenvalue weighted by molar-refractivity contribution is 0.133. The van der Waals surface area contributed by atoms with Gasteiger partial charge in [-0.3, -0.25) is 0 Å². The third kappa shape index (κ3) is 12.8. The molecule has 4 heteroatoms. The van der Waals surface area contributed by atoms with Crippen molar-refractivity contribution >= 4 is 12.4 Å². The van der Waals surface area contributed by atoms with Crippen molar-refractivity contribution in [3.8, 4) is 0 Å². The Morgan fingerprint density at radius 1 is 0.917 bits per heavy atom. The van der Waals surface area contributed by atoms with Crippen molar-refractivity contribution in [1.29, 1.82) is 0 Å². The molecular formula is C8H20ClNO2. The van der Waals surface area contributed by atoms with E-state index in [1.807, 2.05) is 13.8 Å². The molecule has 0 rings (SSSR count). The lowest BCUT2D eigenvalue weighted by atomic mass is 10.6. The molecule has 0 amide bonds. The Morgan fingerprint density at radius 3 is 1.67 bits per heavy atom. The van der Waals surface area contributed by atoms with Crippen LogP contribution in [0.1, 0.15) is 13.8 Å². The molecule has 0 saturated heterocycles. The van der Waals surface area contributed by atoms with E-state index in [0.29, 0.717) is 0 Å². The third-order valence-electron chi connectivity index (χ3n) is 1.25. The third-order valence-corrected chi connectivity index (χ3v) is 1.25. The standard InChI is InChI=1S/C8H19NO2.ClH/c1-3-10-7-5-9-6-8-11-4-2;/h9H,3-8H2,1-2H3;1H. The molecule has 0 fully saturated rings. The predicted octanol–water partition coefficient (Wildman–Crippen LogP) is 1.07. The average Bonchev–Trinajstić information content (AvgIpc) is 2.03. The van der Waals surface area contributed by atoms with Gasteiger partial charge in [0, 0.05) is 26.3 Å². The Morgan fingerprint density at radius 2 is 1.33 bits per heavy atom. The van der Waals surface area contributed by atoms with E-state index in [2.05, 4.69) is 5.32 Å². The van der Waals surface area contributed by atoms with Gasteiger partial charge in [-0.25, -0.2) is 0 Å². The minimum absolute atomic E-state index is 0. The number of hydrogen-bond donors (Lipinski definition) is 1. The Hall–Kier alpha value is 0.170. The molecule has 0 heterocycles. The Balaban J connectivity index is 0. The molecule has 0 spiro atoms. The summed E-state index contributed by atoms with van der Waals surface area (Å²) in [5.41, 5.74) is 0. The van der Waals surface area contributed by atoms with Crippen molar-refractivity contribution in [3.05, 3.63) is 0 Å². The normalized spacial score (nSPS) is 9.50. The van der Waals surface area contributed by atoms with Gasteiger partial charge < -0.3 is 14.8 Å². The molecule has 0 unspecified atom stereocenters. The van der Waals surface area contributed by atoms with Gasteiger partial charge in [-0.15, -0.1) is 12.4 Å². The van der Waals surface area contributed by atoms with Crippen LogP contribution < -0.4 is 5.32 Å². The van der Waals surface area contributed by atoms with Gasteiger partial charge in [0.15, 0.2) is 0 Å². The van der Waals surface area contributed by atoms with Crippen molar-refractivity contribution in [3.63, 3.8) is 0 Å². The van der Waals surface area contributed by atoms with Crippen LogP contribution in [-0.4, -0.2) is 39.5 Å². The van der Waals surface area contributed by atoms with Crippen molar-refractivity contribution in [2.24, 2.45) is 0 Å². The van der Waals surface area contributed by atoms with Crippen LogP contribution in [0.15, 0.2) is 0 Å². The summed E-state index contributed by atoms with van der Waals surface area (Å²) in [7, 11) is 0. The zero-order valence-corrected chi connectivity index (χ0v) is 8.78. The Bertz CT molecular complexity index is 66.1. The summed E-state index contributed by atoms with van der Waals surface area (Å²) in [6.45, 7) is 9.02. The monoisotopic (exact) mass is 197 g/mol. The van der Waals surface area contributed by atoms with Gasteiger partial charge in [0.2, 0.25) is 0 Å². The fraction of sp³-hybridized carbons (Fsp3) is 1.00. The fourth-order valence-electron chi connectivity index (χ4n) is 0.702. The maximum atomic E-state index is 5.14. The summed E-state index contributed by atoms with van der Waals surface area (Å²) in [6.07, 6.45) is 0. The molecule has 12 heavy (non-hydrogen) atoms. The maximum Gasteiger partial charge on any atom is 0.0590 e. The SMILES string of the molecule is CCOCCNCCOCC.Cl. The average molecular weight is 198 g/mol. The van der Waals surface area contributed by atoms with Crippen LogP contribution in [0.2, 0.25) is 0 Å². The molecule has 0 aliphatic heterocycles. The number of nitrogens with one attached hydrogen (secondary N) is 1. The molecule has 3 nitrogen and oxygen atoms in total. The lowest BCUT2D eigenvalue weighted by Gasteiger charge is -2.04. The van der Waals surface area contributed by atoms with Crippen LogP contribution in [0.25, 0.3) is 0 Å². The second-order valence-electron chi connectivity index (χ2n) is 2.14. The first-order chi connectivity index (χ1) is 5.41. The largest absolute Gasteiger partial charge is 0.380 e. The van der Waals surface area contributed by atoms with Crippen molar-refractivity contribution in [1.82, 2.24) is 5.32 Å². The number of halogens is 1. The van der Waals surface area contributed by atoms with Crippen molar-refractivity contribution < 1.29 is 9.47 Å². The zero-order chi connectivity index (χ0) is 8.36. The fourth-order valence-corrected chi connectivity index (χ4v) is 0.702. The van der Waals surface area contributed by atoms with E-state index in [1.165, 1.54) is 0 Å². The van der Waals surface area contributed by atoms with Crippen LogP contribution in [0, 0.1) is 0 Å². The zero-order valence-electron chi connectivity index (χ0n) is 7.97. The second-order valence-corrected chi connectivity index (χ2v) is 2.14. The van der Waals surface area contributed by atoms with Crippen LogP contribution in [0.4, 0.5) is 0 Å². The highest BCUT2D eigenvalue weighted by Crippen LogP contribution is 1.72. The van der Waals surface area contributed by atoms with Crippen LogP contribution in [0.3, 0.4) is 0 Å². The molecule has 0 aliphatic carbocycles. The van der Waals surface area contributed by atoms with Gasteiger partial charge in [-0.05, 0) is 13.8 Å². The number of hydrogen-bond acceptors (Lipinski definition) is 3. The summed E-state index contributed by atoms with van der Waals surface area (Å²) in [6, 6.07) is 0. The van der Waals surface area contributed by atoms with Gasteiger partial charge in [0.1, 0.15) is 0 Å². The first-order valence-electron chi connectivity index (χ1n) is 4.28. The summed E-state index contributed by atoms with van der Waals surface area (Å²) < 4.78 is 10.3. The van der Waals surface area contributed by atoms with Crippen molar-refractivity contribution in [2.75, 3.05) is 39.5 Å². The lowest BCUT2D eigenvalue weighted by Crippen LogP contribution is -2.23. The highest BCUT2D eigenvalue weighted by molar-refractivity contribution is 5.85. The first kappa shape index (κ1) is 14.7. The second kappa shape index (κ2) is 13.7. The molecule has 76 valence electrons. The number of rotatable bonds is 8. The minimum Gasteiger partial charge on any atom is -0.380 e. The molecule has 0 radical (unpaired) electrons. The highest BCUT2D eigenvalue weighted by Gasteiger charge is 1.86. The number of ether oxygens (including phenoxy) is 2. The van der Waals surface area contributed by atoms with Gasteiger partial charge in [0.05, 0.1) is 13.2 Å². The smallest absolute Gasteiger partial charge is 0.0590 e. The molecule has 0 aromatic rings. The highest BCUT2D eigenvalue weighted by atomic mass is 35.5. The maximum absolute atomic E-state index is 5.14. The van der Waals surface area contributed by atoms with Crippen LogP contribution in [-0.2, 0) is 9.47 Å². The summed E-state index contributed by atoms with van der Waals surface area (Å²) in [5, 5.41) is 3.20. The minimum atomic E-state index is 0. The molecule has 0 bridgehead atoms. The summed E-state index contributed by atoms with van der Waals surface area (Å²) >= 11 is 0. The van der Waals surface area contributed by atoms with Gasteiger partial charge in [-0.1, -0.05) is 0 Å². The van der Waals surface area contributed by atoms with E-state index in [0.717, 1.165) is 39.5 Å². The molecule has 0 atom stereocenters. The first-order valence-corrected chi connectivity index (χ1v) is 4.28. The predicted molar refractivity (Wildman–Crippen MR) is 53.1 cm³/mol. The van der Waals surface area contributed by atoms with E-state index >= 15 is 0 Å². The molecule has 0 aromatic heterocycles. The molecule has 0 aromatic carbocycles. The molecule has 1 N–H and O–H groups in total. The molecular weight excluding hydrogens is 178 g/mol. The van der Waals surface area contributed by atoms with E-state index < -0.39 is 0 Å². The van der Waals surface area contributed by atoms with Crippen LogP contribution >= 0.6 is 12.4 Å². The van der Waals surface area contributed by atoms with Gasteiger partial charge >= 0.3 is 0 Å². The van der Waals surface area contributed by atoms with E-state index in [4.69, 9.17) is 9.47 Å². The van der Waals surface area contributed by atoms with E-state index in [1.54, 1.807) is 0 Å². The van der Waals surface area contributed by atoms with Gasteiger partial charge in [-0.2, -0.15) is 0 Å². The van der Waals surface area contributed by atoms with E-state index in [9.17, 15) is 0 Å². The Kier molecular flexibility index (Phi) is 16.8. The topological polar surface area (TPSA) is 30.5 Å². The van der Waals surface area contributed by atoms with Crippen molar-refractivity contribution in [2.45, 2.75) is 13.8 Å². The van der Waals surface area contributed by atoms with Crippen LogP contribution in [0.5, 0.6) is 0 Å². The van der Waals surface area contributed by atoms with E-state index in [-0.39, 0.29) is 12.4 Å². The Labute approximate surface area is 81.2 Å². The molecule has 0 saturated carbocycles. The quantitative estimate of drug-likeness (QED) is 0.591. The summed E-state index contributed by atoms with van der Waals surface area (Å²) in [5.74, 6) is 0. The van der Waals surface area contributed by atoms with Gasteiger partial charge in [0.25, 0.3) is 0 Å².